The minimum absolute atomic E-state index is 0.00803. The molecule has 108 valence electrons. The first-order valence-electron chi connectivity index (χ1n) is 6.09. The fraction of sp³-hybridized carbons (Fsp3) is 0.0667. The molecule has 2 aromatic rings. The van der Waals surface area contributed by atoms with E-state index in [4.69, 9.17) is 18.0 Å². The predicted octanol–water partition coefficient (Wildman–Crippen LogP) is 2.78. The number of nitrogens with two attached hydrogens (primary N) is 1. The molecule has 0 aliphatic heterocycles. The molecular formula is C15H12F2N2OS. The van der Waals surface area contributed by atoms with Crippen molar-refractivity contribution in [2.75, 3.05) is 5.32 Å². The standard InChI is InChI=1S/C15H12F2N2OS/c16-10-3-1-2-9(6-10)7-14(20)19-13-5-4-11(17)8-12(13)15(18)21/h1-6,8H,7H2,(H2,18,21)(H,19,20). The van der Waals surface area contributed by atoms with Crippen LogP contribution in [0.5, 0.6) is 0 Å². The van der Waals surface area contributed by atoms with Crippen LogP contribution in [-0.2, 0) is 11.2 Å². The van der Waals surface area contributed by atoms with Gasteiger partial charge in [-0.05, 0) is 35.9 Å². The third kappa shape index (κ3) is 4.06. The van der Waals surface area contributed by atoms with Crippen molar-refractivity contribution in [2.24, 2.45) is 5.73 Å². The molecule has 2 rings (SSSR count). The van der Waals surface area contributed by atoms with Crippen molar-refractivity contribution in [3.63, 3.8) is 0 Å². The van der Waals surface area contributed by atoms with Gasteiger partial charge in [-0.15, -0.1) is 0 Å². The predicted molar refractivity (Wildman–Crippen MR) is 81.0 cm³/mol. The van der Waals surface area contributed by atoms with E-state index in [9.17, 15) is 13.6 Å². The molecule has 0 spiro atoms. The molecule has 6 heteroatoms. The zero-order valence-corrected chi connectivity index (χ0v) is 11.7. The smallest absolute Gasteiger partial charge is 0.228 e. The molecule has 0 bridgehead atoms. The number of halogens is 2. The van der Waals surface area contributed by atoms with Crippen LogP contribution in [0.2, 0.25) is 0 Å². The van der Waals surface area contributed by atoms with Gasteiger partial charge in [0.15, 0.2) is 0 Å². The van der Waals surface area contributed by atoms with Gasteiger partial charge in [-0.1, -0.05) is 24.4 Å². The summed E-state index contributed by atoms with van der Waals surface area (Å²) in [5.41, 5.74) is 6.60. The van der Waals surface area contributed by atoms with Crippen LogP contribution in [-0.4, -0.2) is 10.9 Å². The first-order valence-corrected chi connectivity index (χ1v) is 6.50. The second-order valence-electron chi connectivity index (χ2n) is 4.41. The molecule has 0 radical (unpaired) electrons. The number of anilines is 1. The average Bonchev–Trinajstić information content (AvgIpc) is 2.40. The van der Waals surface area contributed by atoms with Gasteiger partial charge in [-0.2, -0.15) is 0 Å². The number of nitrogens with one attached hydrogen (secondary N) is 1. The number of hydrogen-bond acceptors (Lipinski definition) is 2. The van der Waals surface area contributed by atoms with Crippen molar-refractivity contribution >= 4 is 28.8 Å². The molecule has 2 aromatic carbocycles. The van der Waals surface area contributed by atoms with Gasteiger partial charge >= 0.3 is 0 Å². The summed E-state index contributed by atoms with van der Waals surface area (Å²) in [5.74, 6) is -1.28. The van der Waals surface area contributed by atoms with Crippen molar-refractivity contribution in [1.29, 1.82) is 0 Å². The van der Waals surface area contributed by atoms with E-state index in [0.29, 0.717) is 11.3 Å². The molecule has 3 nitrogen and oxygen atoms in total. The highest BCUT2D eigenvalue weighted by atomic mass is 32.1. The maximum Gasteiger partial charge on any atom is 0.228 e. The zero-order chi connectivity index (χ0) is 15.4. The fourth-order valence-electron chi connectivity index (χ4n) is 1.86. The Morgan fingerprint density at radius 3 is 2.52 bits per heavy atom. The summed E-state index contributed by atoms with van der Waals surface area (Å²) in [4.78, 5) is 11.9. The van der Waals surface area contributed by atoms with Gasteiger partial charge in [0, 0.05) is 5.56 Å². The Bertz CT molecular complexity index is 704. The number of carbonyl (C=O) groups is 1. The van der Waals surface area contributed by atoms with E-state index in [0.717, 1.165) is 6.07 Å². The third-order valence-corrected chi connectivity index (χ3v) is 2.99. The molecule has 0 fully saturated rings. The van der Waals surface area contributed by atoms with Crippen LogP contribution in [0.4, 0.5) is 14.5 Å². The van der Waals surface area contributed by atoms with Gasteiger partial charge in [0.05, 0.1) is 12.1 Å². The van der Waals surface area contributed by atoms with E-state index in [1.807, 2.05) is 0 Å². The molecule has 0 atom stereocenters. The lowest BCUT2D eigenvalue weighted by atomic mass is 10.1. The lowest BCUT2D eigenvalue weighted by Gasteiger charge is -2.10. The van der Waals surface area contributed by atoms with Gasteiger partial charge in [-0.3, -0.25) is 4.79 Å². The highest BCUT2D eigenvalue weighted by molar-refractivity contribution is 7.80. The lowest BCUT2D eigenvalue weighted by molar-refractivity contribution is -0.115. The molecule has 0 saturated carbocycles. The van der Waals surface area contributed by atoms with E-state index >= 15 is 0 Å². The van der Waals surface area contributed by atoms with E-state index in [1.54, 1.807) is 6.07 Å². The summed E-state index contributed by atoms with van der Waals surface area (Å²) in [6.07, 6.45) is -0.00803. The molecule has 0 heterocycles. The number of rotatable bonds is 4. The van der Waals surface area contributed by atoms with E-state index in [2.05, 4.69) is 5.32 Å². The molecule has 21 heavy (non-hydrogen) atoms. The molecule has 0 saturated heterocycles. The molecule has 0 unspecified atom stereocenters. The number of thiocarbonyl (C=S) groups is 1. The van der Waals surface area contributed by atoms with Crippen molar-refractivity contribution < 1.29 is 13.6 Å². The minimum atomic E-state index is -0.499. The highest BCUT2D eigenvalue weighted by Crippen LogP contribution is 2.17. The summed E-state index contributed by atoms with van der Waals surface area (Å²) in [6.45, 7) is 0. The molecule has 0 aromatic heterocycles. The Kier molecular flexibility index (Phi) is 4.59. The monoisotopic (exact) mass is 306 g/mol. The van der Waals surface area contributed by atoms with Crippen molar-refractivity contribution in [1.82, 2.24) is 0 Å². The summed E-state index contributed by atoms with van der Waals surface area (Å²) >= 11 is 4.82. The van der Waals surface area contributed by atoms with Gasteiger partial charge < -0.3 is 11.1 Å². The van der Waals surface area contributed by atoms with Gasteiger partial charge in [0.1, 0.15) is 16.6 Å². The first kappa shape index (κ1) is 15.1. The van der Waals surface area contributed by atoms with Crippen molar-refractivity contribution in [3.05, 3.63) is 65.2 Å². The minimum Gasteiger partial charge on any atom is -0.389 e. The quantitative estimate of drug-likeness (QED) is 0.854. The fourth-order valence-corrected chi connectivity index (χ4v) is 2.02. The molecular weight excluding hydrogens is 294 g/mol. The Balaban J connectivity index is 2.15. The van der Waals surface area contributed by atoms with Gasteiger partial charge in [0.25, 0.3) is 0 Å². The van der Waals surface area contributed by atoms with Crippen molar-refractivity contribution in [3.8, 4) is 0 Å². The second kappa shape index (κ2) is 6.41. The van der Waals surface area contributed by atoms with E-state index < -0.39 is 11.6 Å². The Hall–Kier alpha value is -2.34. The van der Waals surface area contributed by atoms with Crippen LogP contribution < -0.4 is 11.1 Å². The summed E-state index contributed by atoms with van der Waals surface area (Å²) < 4.78 is 26.2. The molecule has 0 aliphatic rings. The third-order valence-electron chi connectivity index (χ3n) is 2.77. The molecule has 3 N–H and O–H groups in total. The highest BCUT2D eigenvalue weighted by Gasteiger charge is 2.11. The summed E-state index contributed by atoms with van der Waals surface area (Å²) in [7, 11) is 0. The van der Waals surface area contributed by atoms with Crippen LogP contribution in [0, 0.1) is 11.6 Å². The van der Waals surface area contributed by atoms with Gasteiger partial charge in [-0.25, -0.2) is 8.78 Å². The normalized spacial score (nSPS) is 10.2. The topological polar surface area (TPSA) is 55.1 Å². The van der Waals surface area contributed by atoms with E-state index in [-0.39, 0.29) is 22.9 Å². The van der Waals surface area contributed by atoms with Crippen LogP contribution in [0.25, 0.3) is 0 Å². The van der Waals surface area contributed by atoms with Crippen LogP contribution >= 0.6 is 12.2 Å². The van der Waals surface area contributed by atoms with Crippen molar-refractivity contribution in [2.45, 2.75) is 6.42 Å². The molecule has 0 aliphatic carbocycles. The first-order chi connectivity index (χ1) is 9.95. The summed E-state index contributed by atoms with van der Waals surface area (Å²) in [6, 6.07) is 9.47. The Morgan fingerprint density at radius 2 is 1.86 bits per heavy atom. The Labute approximate surface area is 125 Å². The maximum atomic E-state index is 13.2. The van der Waals surface area contributed by atoms with Crippen LogP contribution in [0.15, 0.2) is 42.5 Å². The maximum absolute atomic E-state index is 13.2. The summed E-state index contributed by atoms with van der Waals surface area (Å²) in [5, 5.41) is 2.59. The lowest BCUT2D eigenvalue weighted by Crippen LogP contribution is -2.19. The van der Waals surface area contributed by atoms with Crippen LogP contribution in [0.3, 0.4) is 0 Å². The second-order valence-corrected chi connectivity index (χ2v) is 4.85. The Morgan fingerprint density at radius 1 is 1.14 bits per heavy atom. The van der Waals surface area contributed by atoms with Crippen LogP contribution in [0.1, 0.15) is 11.1 Å². The van der Waals surface area contributed by atoms with E-state index in [1.165, 1.54) is 30.3 Å². The number of benzene rings is 2. The SMILES string of the molecule is NC(=S)c1cc(F)ccc1NC(=O)Cc1cccc(F)c1. The zero-order valence-electron chi connectivity index (χ0n) is 10.9. The number of amides is 1. The van der Waals surface area contributed by atoms with Gasteiger partial charge in [0.2, 0.25) is 5.91 Å². The number of hydrogen-bond donors (Lipinski definition) is 2. The molecule has 1 amide bonds. The average molecular weight is 306 g/mol. The number of carbonyl (C=O) groups excluding carboxylic acids is 1. The largest absolute Gasteiger partial charge is 0.389 e.